The van der Waals surface area contributed by atoms with Gasteiger partial charge < -0.3 is 14.0 Å². The largest absolute Gasteiger partial charge is 0.497 e. The summed E-state index contributed by atoms with van der Waals surface area (Å²) >= 11 is 0. The monoisotopic (exact) mass is 485 g/mol. The van der Waals surface area contributed by atoms with Crippen molar-refractivity contribution in [3.63, 3.8) is 0 Å². The van der Waals surface area contributed by atoms with E-state index in [-0.39, 0.29) is 11.8 Å². The lowest BCUT2D eigenvalue weighted by molar-refractivity contribution is -0.113. The van der Waals surface area contributed by atoms with E-state index in [1.165, 1.54) is 24.8 Å². The maximum absolute atomic E-state index is 13.0. The Morgan fingerprint density at radius 2 is 1.75 bits per heavy atom. The molecule has 1 aromatic heterocycles. The zero-order valence-corrected chi connectivity index (χ0v) is 21.9. The highest BCUT2D eigenvalue weighted by Crippen LogP contribution is 2.47. The first-order valence-electron chi connectivity index (χ1n) is 13.0. The SMILES string of the molecule is COc1ccc2c(c1)C=C(C(C)=O)Cn1c-2c(C2CCCCC2)c2ccc(C(=O)OC(C)(C)C)cc21. The summed E-state index contributed by atoms with van der Waals surface area (Å²) in [4.78, 5) is 25.7. The van der Waals surface area contributed by atoms with Crippen LogP contribution in [0.1, 0.15) is 87.2 Å². The molecule has 0 radical (unpaired) electrons. The van der Waals surface area contributed by atoms with Crippen molar-refractivity contribution in [3.05, 3.63) is 58.7 Å². The molecule has 3 aromatic rings. The quantitative estimate of drug-likeness (QED) is 0.364. The summed E-state index contributed by atoms with van der Waals surface area (Å²) in [5, 5.41) is 1.16. The molecule has 1 aliphatic carbocycles. The third-order valence-electron chi connectivity index (χ3n) is 7.38. The number of hydrogen-bond donors (Lipinski definition) is 0. The highest BCUT2D eigenvalue weighted by Gasteiger charge is 2.30. The van der Waals surface area contributed by atoms with Gasteiger partial charge in [0.05, 0.1) is 24.9 Å². The number of ether oxygens (including phenoxy) is 2. The number of aromatic nitrogens is 1. The molecule has 5 heteroatoms. The van der Waals surface area contributed by atoms with Crippen molar-refractivity contribution in [3.8, 4) is 17.0 Å². The molecule has 1 saturated carbocycles. The number of esters is 1. The Hall–Kier alpha value is -3.34. The van der Waals surface area contributed by atoms with Crippen LogP contribution >= 0.6 is 0 Å². The van der Waals surface area contributed by atoms with Gasteiger partial charge >= 0.3 is 5.97 Å². The second kappa shape index (κ2) is 9.27. The van der Waals surface area contributed by atoms with Crippen LogP contribution in [0.15, 0.2) is 42.0 Å². The molecule has 0 atom stereocenters. The highest BCUT2D eigenvalue weighted by molar-refractivity contribution is 6.03. The fourth-order valence-electron chi connectivity index (χ4n) is 5.72. The molecule has 2 heterocycles. The summed E-state index contributed by atoms with van der Waals surface area (Å²) in [6, 6.07) is 12.0. The first-order chi connectivity index (χ1) is 17.2. The first kappa shape index (κ1) is 24.4. The standard InChI is InChI=1S/C31H35NO4/c1-19(33)23-15-22-16-24(35-5)12-14-25(22)29-28(20-9-7-6-8-10-20)26-13-11-21(17-27(26)32(29)18-23)30(34)36-31(2,3)4/h11-17,20H,6-10,18H2,1-5H3. The molecule has 1 aliphatic heterocycles. The molecule has 188 valence electrons. The molecular weight excluding hydrogens is 450 g/mol. The fourth-order valence-corrected chi connectivity index (χ4v) is 5.72. The van der Waals surface area contributed by atoms with Crippen molar-refractivity contribution in [2.24, 2.45) is 0 Å². The molecule has 0 spiro atoms. The zero-order chi connectivity index (χ0) is 25.6. The Labute approximate surface area is 213 Å². The summed E-state index contributed by atoms with van der Waals surface area (Å²) < 4.78 is 13.4. The van der Waals surface area contributed by atoms with Gasteiger partial charge in [0.15, 0.2) is 5.78 Å². The van der Waals surface area contributed by atoms with Crippen LogP contribution in [0.25, 0.3) is 28.2 Å². The number of Topliss-reactive ketones (excluding diaryl/α,β-unsaturated/α-hetero) is 1. The number of hydrogen-bond acceptors (Lipinski definition) is 4. The lowest BCUT2D eigenvalue weighted by atomic mass is 9.81. The van der Waals surface area contributed by atoms with Crippen LogP contribution in [0.4, 0.5) is 0 Å². The van der Waals surface area contributed by atoms with Gasteiger partial charge in [-0.15, -0.1) is 0 Å². The molecule has 0 N–H and O–H groups in total. The lowest BCUT2D eigenvalue weighted by Crippen LogP contribution is -2.23. The Bertz CT molecular complexity index is 1380. The summed E-state index contributed by atoms with van der Waals surface area (Å²) in [6.45, 7) is 7.72. The molecule has 0 bridgehead atoms. The number of methoxy groups -OCH3 is 1. The predicted octanol–water partition coefficient (Wildman–Crippen LogP) is 7.31. The number of rotatable bonds is 4. The van der Waals surface area contributed by atoms with Crippen molar-refractivity contribution in [1.29, 1.82) is 0 Å². The van der Waals surface area contributed by atoms with E-state index in [2.05, 4.69) is 16.7 Å². The minimum absolute atomic E-state index is 0.0426. The summed E-state index contributed by atoms with van der Waals surface area (Å²) in [6.07, 6.45) is 8.02. The number of ketones is 1. The summed E-state index contributed by atoms with van der Waals surface area (Å²) in [5.41, 5.74) is 6.25. The Kier molecular flexibility index (Phi) is 6.27. The lowest BCUT2D eigenvalue weighted by Gasteiger charge is -2.24. The normalized spacial score (nSPS) is 16.1. The van der Waals surface area contributed by atoms with Crippen LogP contribution in [-0.4, -0.2) is 29.0 Å². The van der Waals surface area contributed by atoms with Gasteiger partial charge in [-0.25, -0.2) is 4.79 Å². The molecular formula is C31H35NO4. The van der Waals surface area contributed by atoms with Crippen molar-refractivity contribution in [2.75, 3.05) is 7.11 Å². The van der Waals surface area contributed by atoms with Crippen LogP contribution in [0.5, 0.6) is 5.75 Å². The average molecular weight is 486 g/mol. The summed E-state index contributed by atoms with van der Waals surface area (Å²) in [5.74, 6) is 0.920. The van der Waals surface area contributed by atoms with E-state index < -0.39 is 5.60 Å². The Balaban J connectivity index is 1.79. The highest BCUT2D eigenvalue weighted by atomic mass is 16.6. The van der Waals surface area contributed by atoms with E-state index in [4.69, 9.17) is 9.47 Å². The van der Waals surface area contributed by atoms with Gasteiger partial charge in [0.25, 0.3) is 0 Å². The molecule has 0 saturated heterocycles. The maximum atomic E-state index is 13.0. The predicted molar refractivity (Wildman–Crippen MR) is 144 cm³/mol. The van der Waals surface area contributed by atoms with Crippen molar-refractivity contribution in [1.82, 2.24) is 4.57 Å². The van der Waals surface area contributed by atoms with Crippen LogP contribution in [-0.2, 0) is 16.1 Å². The van der Waals surface area contributed by atoms with Crippen molar-refractivity contribution in [2.45, 2.75) is 77.9 Å². The van der Waals surface area contributed by atoms with Crippen LogP contribution in [0, 0.1) is 0 Å². The Morgan fingerprint density at radius 3 is 2.42 bits per heavy atom. The van der Waals surface area contributed by atoms with E-state index in [0.717, 1.165) is 51.9 Å². The average Bonchev–Trinajstić information content (AvgIpc) is 3.05. The third-order valence-corrected chi connectivity index (χ3v) is 7.38. The zero-order valence-electron chi connectivity index (χ0n) is 21.9. The van der Waals surface area contributed by atoms with E-state index in [9.17, 15) is 9.59 Å². The molecule has 2 aliphatic rings. The maximum Gasteiger partial charge on any atom is 0.338 e. The topological polar surface area (TPSA) is 57.5 Å². The molecule has 5 rings (SSSR count). The van der Waals surface area contributed by atoms with Gasteiger partial charge in [0, 0.05) is 22.0 Å². The van der Waals surface area contributed by atoms with Crippen LogP contribution in [0.2, 0.25) is 0 Å². The number of carbonyl (C=O) groups excluding carboxylic acids is 2. The first-order valence-corrected chi connectivity index (χ1v) is 13.0. The molecule has 36 heavy (non-hydrogen) atoms. The minimum Gasteiger partial charge on any atom is -0.497 e. The molecule has 0 unspecified atom stereocenters. The molecule has 0 amide bonds. The van der Waals surface area contributed by atoms with Crippen LogP contribution in [0.3, 0.4) is 0 Å². The fraction of sp³-hybridized carbons (Fsp3) is 0.419. The Morgan fingerprint density at radius 1 is 1.00 bits per heavy atom. The van der Waals surface area contributed by atoms with Gasteiger partial charge in [-0.1, -0.05) is 25.3 Å². The second-order valence-corrected chi connectivity index (χ2v) is 11.1. The minimum atomic E-state index is -0.572. The van der Waals surface area contributed by atoms with Gasteiger partial charge in [-0.05, 0) is 94.0 Å². The molecule has 5 nitrogen and oxygen atoms in total. The van der Waals surface area contributed by atoms with E-state index in [1.807, 2.05) is 51.1 Å². The summed E-state index contributed by atoms with van der Waals surface area (Å²) in [7, 11) is 1.66. The number of nitrogens with zero attached hydrogens (tertiary/aromatic N) is 1. The van der Waals surface area contributed by atoms with Gasteiger partial charge in [0.2, 0.25) is 0 Å². The van der Waals surface area contributed by atoms with Crippen molar-refractivity contribution < 1.29 is 19.1 Å². The van der Waals surface area contributed by atoms with Gasteiger partial charge in [-0.3, -0.25) is 4.79 Å². The molecule has 1 fully saturated rings. The molecule has 2 aromatic carbocycles. The number of carbonyl (C=O) groups is 2. The number of fused-ring (bicyclic) bond motifs is 5. The second-order valence-electron chi connectivity index (χ2n) is 11.1. The smallest absolute Gasteiger partial charge is 0.338 e. The van der Waals surface area contributed by atoms with E-state index >= 15 is 0 Å². The van der Waals surface area contributed by atoms with Gasteiger partial charge in [0.1, 0.15) is 11.4 Å². The van der Waals surface area contributed by atoms with Gasteiger partial charge in [-0.2, -0.15) is 0 Å². The third kappa shape index (κ3) is 4.47. The van der Waals surface area contributed by atoms with E-state index in [0.29, 0.717) is 18.0 Å². The number of allylic oxidation sites excluding steroid dienone is 1. The number of benzene rings is 2. The van der Waals surface area contributed by atoms with E-state index in [1.54, 1.807) is 14.0 Å². The van der Waals surface area contributed by atoms with Crippen molar-refractivity contribution >= 4 is 28.7 Å². The van der Waals surface area contributed by atoms with Crippen LogP contribution < -0.4 is 4.74 Å².